The maximum absolute atomic E-state index is 11.7. The van der Waals surface area contributed by atoms with E-state index in [2.05, 4.69) is 69.2 Å². The molecule has 2 aromatic rings. The highest BCUT2D eigenvalue weighted by Gasteiger charge is 2.57. The van der Waals surface area contributed by atoms with Crippen molar-refractivity contribution in [2.75, 3.05) is 6.61 Å². The van der Waals surface area contributed by atoms with Crippen LogP contribution in [0.5, 0.6) is 5.88 Å². The topological polar surface area (TPSA) is 121 Å². The summed E-state index contributed by atoms with van der Waals surface area (Å²) in [6, 6.07) is 0. The predicted octanol–water partition coefficient (Wildman–Crippen LogP) is 5.69. The molecule has 2 aliphatic heterocycles. The minimum absolute atomic E-state index is 0.00423. The van der Waals surface area contributed by atoms with Crippen LogP contribution in [0.4, 0.5) is 0 Å². The van der Waals surface area contributed by atoms with E-state index in [-0.39, 0.29) is 33.9 Å². The lowest BCUT2D eigenvalue weighted by Gasteiger charge is -2.37. The molecule has 1 saturated carbocycles. The van der Waals surface area contributed by atoms with Crippen molar-refractivity contribution in [1.82, 2.24) is 19.5 Å². The smallest absolute Gasteiger partial charge is 0.248 e. The van der Waals surface area contributed by atoms with Gasteiger partial charge in [-0.25, -0.2) is 9.97 Å². The average molecular weight is 629 g/mol. The Morgan fingerprint density at radius 1 is 1.35 bits per heavy atom. The predicted molar refractivity (Wildman–Crippen MR) is 162 cm³/mol. The minimum atomic E-state index is -2.83. The van der Waals surface area contributed by atoms with Crippen LogP contribution in [0.25, 0.3) is 11.2 Å². The first-order valence-electron chi connectivity index (χ1n) is 13.7. The molecule has 2 N–H and O–H groups in total. The van der Waals surface area contributed by atoms with Gasteiger partial charge in [0.1, 0.15) is 24.6 Å². The fraction of sp³-hybridized carbons (Fsp3) is 0.731. The van der Waals surface area contributed by atoms with Crippen molar-refractivity contribution in [3.63, 3.8) is 0 Å². The first-order valence-corrected chi connectivity index (χ1v) is 20.7. The number of allylic oxidation sites excluding steroid dienone is 1. The monoisotopic (exact) mass is 628 g/mol. The molecule has 1 aliphatic carbocycles. The van der Waals surface area contributed by atoms with E-state index in [4.69, 9.17) is 30.0 Å². The number of aromatic hydroxyl groups is 1. The quantitative estimate of drug-likeness (QED) is 0.224. The molecule has 5 rings (SSSR count). The van der Waals surface area contributed by atoms with Crippen molar-refractivity contribution in [2.45, 2.75) is 107 Å². The Morgan fingerprint density at radius 2 is 2.08 bits per heavy atom. The van der Waals surface area contributed by atoms with Gasteiger partial charge >= 0.3 is 0 Å². The summed E-state index contributed by atoms with van der Waals surface area (Å²) >= 11 is 7.70. The van der Waals surface area contributed by atoms with E-state index in [0.29, 0.717) is 11.6 Å². The van der Waals surface area contributed by atoms with Crippen molar-refractivity contribution >= 4 is 48.4 Å². The highest BCUT2D eigenvalue weighted by Crippen LogP contribution is 2.76. The van der Waals surface area contributed by atoms with Gasteiger partial charge in [-0.3, -0.25) is 4.57 Å². The molecular formula is C26H41N4O6PS2Si. The molecule has 0 spiro atoms. The van der Waals surface area contributed by atoms with Crippen LogP contribution >= 0.6 is 17.1 Å². The third-order valence-corrected chi connectivity index (χ3v) is 19.3. The van der Waals surface area contributed by atoms with E-state index in [9.17, 15) is 10.2 Å². The fourth-order valence-corrected chi connectivity index (χ4v) is 13.9. The Hall–Kier alpha value is -0.893. The second-order valence-corrected chi connectivity index (χ2v) is 24.3. The number of aliphatic hydroxyl groups is 1. The van der Waals surface area contributed by atoms with Gasteiger partial charge in [-0.1, -0.05) is 44.3 Å². The summed E-state index contributed by atoms with van der Waals surface area (Å²) in [5.74, 6) is 0.167. The largest absolute Gasteiger partial charge is 0.492 e. The Balaban J connectivity index is 1.42. The Kier molecular flexibility index (Phi) is 8.16. The highest BCUT2D eigenvalue weighted by atomic mass is 32.9. The van der Waals surface area contributed by atoms with Crippen molar-refractivity contribution in [3.05, 3.63) is 24.8 Å². The number of ether oxygens (including phenoxy) is 1. The fourth-order valence-electron chi connectivity index (χ4n) is 5.33. The van der Waals surface area contributed by atoms with Gasteiger partial charge in [-0.15, -0.1) is 0 Å². The van der Waals surface area contributed by atoms with Crippen LogP contribution in [0.1, 0.15) is 60.1 Å². The zero-order valence-electron chi connectivity index (χ0n) is 24.2. The molecule has 3 fully saturated rings. The molecule has 14 heteroatoms. The lowest BCUT2D eigenvalue weighted by Crippen LogP contribution is -2.45. The zero-order valence-corrected chi connectivity index (χ0v) is 27.8. The van der Waals surface area contributed by atoms with Crippen LogP contribution in [-0.2, 0) is 30.0 Å². The van der Waals surface area contributed by atoms with Crippen LogP contribution < -0.4 is 0 Å². The molecule has 8 atom stereocenters. The second kappa shape index (κ2) is 10.7. The number of aliphatic hydroxyl groups excluding tert-OH is 1. The SMILES string of the molecule is C=C(C)[C@H]1CC[C@@]2(C)SP(=S)(O[C@H]3[C@@H](O)[C@H](n4cnc5c(O)ncnc54)O[C@@H]3CO[Si](C)(C)C(C)(C)C)O[C@@H]2C1. The van der Waals surface area contributed by atoms with Crippen LogP contribution in [0.15, 0.2) is 24.8 Å². The molecule has 0 bridgehead atoms. The van der Waals surface area contributed by atoms with Crippen molar-refractivity contribution in [1.29, 1.82) is 0 Å². The van der Waals surface area contributed by atoms with E-state index in [1.165, 1.54) is 18.2 Å². The van der Waals surface area contributed by atoms with Crippen molar-refractivity contribution in [3.8, 4) is 5.88 Å². The first-order chi connectivity index (χ1) is 18.5. The van der Waals surface area contributed by atoms with Crippen LogP contribution in [0, 0.1) is 5.92 Å². The van der Waals surface area contributed by atoms with Gasteiger partial charge in [0.15, 0.2) is 25.7 Å². The van der Waals surface area contributed by atoms with Gasteiger partial charge in [-0.2, -0.15) is 4.98 Å². The Bertz CT molecular complexity index is 1340. The third kappa shape index (κ3) is 5.58. The summed E-state index contributed by atoms with van der Waals surface area (Å²) in [4.78, 5) is 12.3. The lowest BCUT2D eigenvalue weighted by molar-refractivity contribution is -0.0485. The maximum Gasteiger partial charge on any atom is 0.248 e. The molecule has 4 heterocycles. The van der Waals surface area contributed by atoms with Gasteiger partial charge in [-0.05, 0) is 69.0 Å². The molecule has 2 saturated heterocycles. The van der Waals surface area contributed by atoms with Gasteiger partial charge in [0, 0.05) is 4.75 Å². The van der Waals surface area contributed by atoms with Crippen LogP contribution in [-0.4, -0.2) is 73.8 Å². The number of hydrogen-bond donors (Lipinski definition) is 2. The molecule has 0 amide bonds. The highest BCUT2D eigenvalue weighted by molar-refractivity contribution is 8.68. The number of rotatable bonds is 7. The molecule has 222 valence electrons. The van der Waals surface area contributed by atoms with Gasteiger partial charge < -0.3 is 28.4 Å². The molecule has 1 unspecified atom stereocenters. The van der Waals surface area contributed by atoms with E-state index in [1.807, 2.05) is 0 Å². The summed E-state index contributed by atoms with van der Waals surface area (Å²) in [6.07, 6.45) is 2.20. The molecule has 0 radical (unpaired) electrons. The normalized spacial score (nSPS) is 36.7. The molecule has 3 aliphatic rings. The van der Waals surface area contributed by atoms with E-state index >= 15 is 0 Å². The average Bonchev–Trinajstić information content (AvgIpc) is 3.48. The molecule has 10 nitrogen and oxygen atoms in total. The minimum Gasteiger partial charge on any atom is -0.492 e. The zero-order chi connectivity index (χ0) is 29.3. The number of nitrogens with zero attached hydrogens (tertiary/aromatic N) is 4. The van der Waals surface area contributed by atoms with Crippen molar-refractivity contribution < 1.29 is 28.4 Å². The van der Waals surface area contributed by atoms with Gasteiger partial charge in [0.2, 0.25) is 11.6 Å². The van der Waals surface area contributed by atoms with E-state index < -0.39 is 38.6 Å². The Labute approximate surface area is 246 Å². The molecule has 2 aromatic heterocycles. The third-order valence-electron chi connectivity index (χ3n) is 9.03. The number of imidazole rings is 1. The second-order valence-electron chi connectivity index (χ2n) is 13.0. The standard InChI is InChI=1S/C26H41N4O6PS2Si/c1-15(2)16-9-10-26(6)18(11-16)35-37(38,39-26)36-21-17(12-33-40(7,8)25(3,4)5)34-24(20(21)31)30-14-29-19-22(30)27-13-28-23(19)32/h13-14,16-18,20-21,24,31H,1,9-12H2,2-8H3,(H,27,28,32)/t16-,17+,18+,20+,21+,24+,26+,37?/m0/s1. The lowest BCUT2D eigenvalue weighted by atomic mass is 9.77. The molecule has 0 aromatic carbocycles. The summed E-state index contributed by atoms with van der Waals surface area (Å²) in [7, 11) is -2.13. The van der Waals surface area contributed by atoms with Crippen LogP contribution in [0.2, 0.25) is 18.1 Å². The molecular weight excluding hydrogens is 588 g/mol. The maximum atomic E-state index is 11.7. The summed E-state index contributed by atoms with van der Waals surface area (Å²) in [5, 5.41) is 21.8. The molecule has 40 heavy (non-hydrogen) atoms. The van der Waals surface area contributed by atoms with E-state index in [0.717, 1.165) is 19.3 Å². The number of aromatic nitrogens is 4. The first kappa shape index (κ1) is 30.6. The van der Waals surface area contributed by atoms with Gasteiger partial charge in [0.25, 0.3) is 0 Å². The van der Waals surface area contributed by atoms with Crippen molar-refractivity contribution in [2.24, 2.45) is 5.92 Å². The van der Waals surface area contributed by atoms with Crippen LogP contribution in [0.3, 0.4) is 0 Å². The van der Waals surface area contributed by atoms with Gasteiger partial charge in [0.05, 0.1) is 19.0 Å². The summed E-state index contributed by atoms with van der Waals surface area (Å²) in [6.45, 7) is 19.6. The Morgan fingerprint density at radius 3 is 2.75 bits per heavy atom. The number of hydrogen-bond acceptors (Lipinski definition) is 11. The van der Waals surface area contributed by atoms with E-state index in [1.54, 1.807) is 15.9 Å². The summed E-state index contributed by atoms with van der Waals surface area (Å²) < 4.78 is 27.6. The number of fused-ring (bicyclic) bond motifs is 2. The summed E-state index contributed by atoms with van der Waals surface area (Å²) in [5.41, 5.74) is -1.09.